The molecule has 1 heterocycles. The second-order valence-electron chi connectivity index (χ2n) is 6.45. The molecule has 2 aromatic carbocycles. The van der Waals surface area contributed by atoms with Gasteiger partial charge in [0.1, 0.15) is 5.82 Å². The van der Waals surface area contributed by atoms with Crippen molar-refractivity contribution in [3.8, 4) is 0 Å². The van der Waals surface area contributed by atoms with Crippen LogP contribution in [0.15, 0.2) is 53.5 Å². The molecule has 0 saturated carbocycles. The zero-order chi connectivity index (χ0) is 19.1. The van der Waals surface area contributed by atoms with Crippen molar-refractivity contribution in [2.24, 2.45) is 4.99 Å². The third kappa shape index (κ3) is 5.92. The Kier molecular flexibility index (Phi) is 8.69. The Balaban J connectivity index is 0.00000280. The summed E-state index contributed by atoms with van der Waals surface area (Å²) in [7, 11) is 0. The average Bonchev–Trinajstić information content (AvgIpc) is 2.70. The number of halogens is 2. The number of nitrogens with one attached hydrogen (secondary N) is 2. The van der Waals surface area contributed by atoms with E-state index in [1.165, 1.54) is 17.7 Å². The minimum absolute atomic E-state index is 0. The molecule has 1 aliphatic heterocycles. The molecule has 0 bridgehead atoms. The average molecular weight is 496 g/mol. The van der Waals surface area contributed by atoms with Gasteiger partial charge in [0, 0.05) is 18.8 Å². The first-order chi connectivity index (χ1) is 13.2. The maximum atomic E-state index is 13.0. The van der Waals surface area contributed by atoms with Gasteiger partial charge in [0.25, 0.3) is 0 Å². The zero-order valence-electron chi connectivity index (χ0n) is 16.0. The number of rotatable bonds is 5. The summed E-state index contributed by atoms with van der Waals surface area (Å²) in [5.74, 6) is 0.329. The number of carbonyl (C=O) groups excluding carboxylic acids is 1. The number of carbonyl (C=O) groups is 1. The minimum atomic E-state index is -0.264. The molecular formula is C21H26FIN4O. The van der Waals surface area contributed by atoms with Gasteiger partial charge in [-0.15, -0.1) is 24.0 Å². The highest BCUT2D eigenvalue weighted by Gasteiger charge is 2.21. The lowest BCUT2D eigenvalue weighted by atomic mass is 10.0. The molecule has 0 spiro atoms. The molecule has 150 valence electrons. The highest BCUT2D eigenvalue weighted by molar-refractivity contribution is 14.0. The third-order valence-electron chi connectivity index (χ3n) is 4.50. The summed E-state index contributed by atoms with van der Waals surface area (Å²) in [6.45, 7) is 3.98. The second-order valence-corrected chi connectivity index (χ2v) is 6.45. The number of guanidine groups is 1. The molecule has 0 aliphatic carbocycles. The molecule has 2 aromatic rings. The van der Waals surface area contributed by atoms with E-state index in [4.69, 9.17) is 0 Å². The van der Waals surface area contributed by atoms with Gasteiger partial charge in [-0.1, -0.05) is 30.3 Å². The van der Waals surface area contributed by atoms with E-state index < -0.39 is 0 Å². The van der Waals surface area contributed by atoms with Crippen LogP contribution < -0.4 is 15.5 Å². The van der Waals surface area contributed by atoms with Crippen molar-refractivity contribution in [3.05, 3.63) is 65.5 Å². The fourth-order valence-electron chi connectivity index (χ4n) is 3.15. The van der Waals surface area contributed by atoms with E-state index in [0.717, 1.165) is 30.6 Å². The van der Waals surface area contributed by atoms with Crippen LogP contribution in [0.1, 0.15) is 24.5 Å². The van der Waals surface area contributed by atoms with E-state index >= 15 is 0 Å². The van der Waals surface area contributed by atoms with Crippen molar-refractivity contribution in [2.75, 3.05) is 24.5 Å². The van der Waals surface area contributed by atoms with Gasteiger partial charge in [-0.25, -0.2) is 9.38 Å². The van der Waals surface area contributed by atoms with E-state index in [9.17, 15) is 9.18 Å². The van der Waals surface area contributed by atoms with Crippen molar-refractivity contribution in [1.29, 1.82) is 0 Å². The maximum Gasteiger partial charge on any atom is 0.246 e. The van der Waals surface area contributed by atoms with E-state index in [-0.39, 0.29) is 42.2 Å². The van der Waals surface area contributed by atoms with Crippen LogP contribution in [-0.4, -0.2) is 31.5 Å². The van der Waals surface area contributed by atoms with Crippen molar-refractivity contribution in [3.63, 3.8) is 0 Å². The Bertz CT molecular complexity index is 810. The van der Waals surface area contributed by atoms with Crippen LogP contribution in [0, 0.1) is 5.82 Å². The van der Waals surface area contributed by atoms with Gasteiger partial charge in [-0.3, -0.25) is 4.79 Å². The highest BCUT2D eigenvalue weighted by Crippen LogP contribution is 2.26. The Morgan fingerprint density at radius 2 is 1.89 bits per heavy atom. The molecule has 5 nitrogen and oxygen atoms in total. The van der Waals surface area contributed by atoms with Crippen LogP contribution in [0.25, 0.3) is 0 Å². The van der Waals surface area contributed by atoms with Gasteiger partial charge in [0.2, 0.25) is 5.91 Å². The molecule has 3 rings (SSSR count). The van der Waals surface area contributed by atoms with Crippen LogP contribution in [-0.2, 0) is 17.8 Å². The van der Waals surface area contributed by atoms with Gasteiger partial charge in [0.05, 0.1) is 13.1 Å². The summed E-state index contributed by atoms with van der Waals surface area (Å²) in [6, 6.07) is 14.3. The SMILES string of the molecule is CCNC(=NCc1ccc(F)cc1)NCC(=O)N1CCCc2ccccc21.I. The molecule has 0 radical (unpaired) electrons. The molecule has 7 heteroatoms. The van der Waals surface area contributed by atoms with Gasteiger partial charge < -0.3 is 15.5 Å². The molecule has 28 heavy (non-hydrogen) atoms. The molecule has 0 saturated heterocycles. The molecule has 1 amide bonds. The number of amides is 1. The Morgan fingerprint density at radius 3 is 2.64 bits per heavy atom. The quantitative estimate of drug-likeness (QED) is 0.379. The van der Waals surface area contributed by atoms with E-state index in [0.29, 0.717) is 19.0 Å². The predicted octanol–water partition coefficient (Wildman–Crippen LogP) is 3.48. The fraction of sp³-hybridized carbons (Fsp3) is 0.333. The van der Waals surface area contributed by atoms with Gasteiger partial charge in [-0.2, -0.15) is 0 Å². The van der Waals surface area contributed by atoms with Crippen LogP contribution in [0.2, 0.25) is 0 Å². The smallest absolute Gasteiger partial charge is 0.246 e. The van der Waals surface area contributed by atoms with E-state index in [1.807, 2.05) is 30.0 Å². The summed E-state index contributed by atoms with van der Waals surface area (Å²) >= 11 is 0. The molecule has 0 fully saturated rings. The van der Waals surface area contributed by atoms with Crippen LogP contribution in [0.5, 0.6) is 0 Å². The summed E-state index contributed by atoms with van der Waals surface area (Å²) in [5, 5.41) is 6.24. The lowest BCUT2D eigenvalue weighted by molar-refractivity contribution is -0.117. The van der Waals surface area contributed by atoms with Crippen molar-refractivity contribution in [2.45, 2.75) is 26.3 Å². The summed E-state index contributed by atoms with van der Waals surface area (Å²) in [6.07, 6.45) is 1.98. The van der Waals surface area contributed by atoms with Crippen molar-refractivity contribution < 1.29 is 9.18 Å². The Labute approximate surface area is 182 Å². The number of para-hydroxylation sites is 1. The van der Waals surface area contributed by atoms with Gasteiger partial charge >= 0.3 is 0 Å². The lowest BCUT2D eigenvalue weighted by Crippen LogP contribution is -2.46. The first kappa shape index (κ1) is 22.1. The largest absolute Gasteiger partial charge is 0.357 e. The first-order valence-corrected chi connectivity index (χ1v) is 9.32. The molecule has 0 unspecified atom stereocenters. The number of benzene rings is 2. The number of hydrogen-bond donors (Lipinski definition) is 2. The molecule has 0 atom stereocenters. The topological polar surface area (TPSA) is 56.7 Å². The van der Waals surface area contributed by atoms with Crippen molar-refractivity contribution in [1.82, 2.24) is 10.6 Å². The van der Waals surface area contributed by atoms with Crippen LogP contribution >= 0.6 is 24.0 Å². The normalized spacial score (nSPS) is 13.4. The monoisotopic (exact) mass is 496 g/mol. The Morgan fingerprint density at radius 1 is 1.14 bits per heavy atom. The third-order valence-corrected chi connectivity index (χ3v) is 4.50. The van der Waals surface area contributed by atoms with Crippen LogP contribution in [0.4, 0.5) is 10.1 Å². The number of fused-ring (bicyclic) bond motifs is 1. The zero-order valence-corrected chi connectivity index (χ0v) is 18.3. The summed E-state index contributed by atoms with van der Waals surface area (Å²) in [5.41, 5.74) is 3.13. The number of nitrogens with zero attached hydrogens (tertiary/aromatic N) is 2. The molecular weight excluding hydrogens is 470 g/mol. The second kappa shape index (κ2) is 11.0. The molecule has 0 aromatic heterocycles. The number of aryl methyl sites for hydroxylation is 1. The molecule has 2 N–H and O–H groups in total. The summed E-state index contributed by atoms with van der Waals surface area (Å²) < 4.78 is 13.0. The first-order valence-electron chi connectivity index (χ1n) is 9.32. The lowest BCUT2D eigenvalue weighted by Gasteiger charge is -2.29. The number of hydrogen-bond acceptors (Lipinski definition) is 2. The predicted molar refractivity (Wildman–Crippen MR) is 122 cm³/mol. The van der Waals surface area contributed by atoms with E-state index in [2.05, 4.69) is 21.7 Å². The number of anilines is 1. The van der Waals surface area contributed by atoms with Gasteiger partial charge in [0.15, 0.2) is 5.96 Å². The van der Waals surface area contributed by atoms with Crippen molar-refractivity contribution >= 4 is 41.5 Å². The van der Waals surface area contributed by atoms with Crippen LogP contribution in [0.3, 0.4) is 0 Å². The highest BCUT2D eigenvalue weighted by atomic mass is 127. The molecule has 1 aliphatic rings. The standard InChI is InChI=1S/C21H25FN4O.HI/c1-2-23-21(24-14-16-9-11-18(22)12-10-16)25-15-20(27)26-13-5-7-17-6-3-4-8-19(17)26;/h3-4,6,8-12H,2,5,7,13-15H2,1H3,(H2,23,24,25);1H. The Hall–Kier alpha value is -2.16. The summed E-state index contributed by atoms with van der Waals surface area (Å²) in [4.78, 5) is 19.0. The number of aliphatic imine (C=N–C) groups is 1. The minimum Gasteiger partial charge on any atom is -0.357 e. The fourth-order valence-corrected chi connectivity index (χ4v) is 3.15. The maximum absolute atomic E-state index is 13.0. The van der Waals surface area contributed by atoms with Gasteiger partial charge in [-0.05, 0) is 49.1 Å². The van der Waals surface area contributed by atoms with E-state index in [1.54, 1.807) is 12.1 Å².